The number of anilines is 1. The summed E-state index contributed by atoms with van der Waals surface area (Å²) < 4.78 is 1.15. The Kier molecular flexibility index (Phi) is 5.81. The molecular weight excluding hydrogens is 346 g/mol. The van der Waals surface area contributed by atoms with Gasteiger partial charge in [-0.3, -0.25) is 4.90 Å². The lowest BCUT2D eigenvalue weighted by Gasteiger charge is -2.27. The van der Waals surface area contributed by atoms with Gasteiger partial charge in [0.25, 0.3) is 0 Å². The molecule has 2 rings (SSSR count). The van der Waals surface area contributed by atoms with Gasteiger partial charge in [0.05, 0.1) is 0 Å². The first-order valence-electron chi connectivity index (χ1n) is 6.91. The summed E-state index contributed by atoms with van der Waals surface area (Å²) >= 11 is 5.28. The summed E-state index contributed by atoms with van der Waals surface area (Å²) in [5.41, 5.74) is 8.48. The summed E-state index contributed by atoms with van der Waals surface area (Å²) in [6.45, 7) is 1.53. The second-order valence-electron chi connectivity index (χ2n) is 5.38. The van der Waals surface area contributed by atoms with Crippen molar-refractivity contribution in [3.63, 3.8) is 0 Å². The molecule has 3 nitrogen and oxygen atoms in total. The van der Waals surface area contributed by atoms with Gasteiger partial charge in [-0.1, -0.05) is 12.1 Å². The van der Waals surface area contributed by atoms with Crippen LogP contribution in [-0.4, -0.2) is 32.6 Å². The molecule has 0 aliphatic heterocycles. The lowest BCUT2D eigenvalue weighted by molar-refractivity contribution is 0.244. The molecule has 0 aliphatic rings. The predicted molar refractivity (Wildman–Crippen MR) is 96.1 cm³/mol. The highest BCUT2D eigenvalue weighted by Crippen LogP contribution is 2.26. The summed E-state index contributed by atoms with van der Waals surface area (Å²) in [6, 6.07) is 11.0. The Morgan fingerprint density at radius 2 is 1.86 bits per heavy atom. The molecule has 0 saturated carbocycles. The Balaban J connectivity index is 2.10. The zero-order chi connectivity index (χ0) is 15.4. The number of rotatable bonds is 6. The van der Waals surface area contributed by atoms with Crippen molar-refractivity contribution in [2.75, 3.05) is 32.6 Å². The van der Waals surface area contributed by atoms with Gasteiger partial charge >= 0.3 is 0 Å². The number of halogens is 1. The minimum absolute atomic E-state index is 0.238. The van der Waals surface area contributed by atoms with Gasteiger partial charge in [-0.15, -0.1) is 11.3 Å². The molecule has 0 saturated heterocycles. The summed E-state index contributed by atoms with van der Waals surface area (Å²) in [6.07, 6.45) is 0. The van der Waals surface area contributed by atoms with Crippen LogP contribution < -0.4 is 10.6 Å². The molecule has 1 unspecified atom stereocenters. The highest BCUT2D eigenvalue weighted by atomic mass is 79.9. The van der Waals surface area contributed by atoms with Crippen molar-refractivity contribution in [1.29, 1.82) is 0 Å². The van der Waals surface area contributed by atoms with Gasteiger partial charge in [0.1, 0.15) is 0 Å². The number of benzene rings is 1. The quantitative estimate of drug-likeness (QED) is 0.844. The maximum absolute atomic E-state index is 6.00. The van der Waals surface area contributed by atoms with Gasteiger partial charge in [0.15, 0.2) is 0 Å². The van der Waals surface area contributed by atoms with Gasteiger partial charge in [0, 0.05) is 53.6 Å². The molecule has 1 heterocycles. The summed E-state index contributed by atoms with van der Waals surface area (Å²) in [5, 5.41) is 2.12. The number of hydrogen-bond donors (Lipinski definition) is 1. The van der Waals surface area contributed by atoms with Crippen LogP contribution in [0.25, 0.3) is 0 Å². The molecular formula is C16H22BrN3S. The van der Waals surface area contributed by atoms with Crippen LogP contribution in [0.5, 0.6) is 0 Å². The molecule has 2 aromatic rings. The van der Waals surface area contributed by atoms with Crippen molar-refractivity contribution in [2.24, 2.45) is 5.73 Å². The van der Waals surface area contributed by atoms with Crippen molar-refractivity contribution in [3.8, 4) is 0 Å². The molecule has 21 heavy (non-hydrogen) atoms. The lowest BCUT2D eigenvalue weighted by Crippen LogP contribution is -2.30. The van der Waals surface area contributed by atoms with Crippen molar-refractivity contribution >= 4 is 33.0 Å². The minimum atomic E-state index is 0.238. The van der Waals surface area contributed by atoms with E-state index in [9.17, 15) is 0 Å². The van der Waals surface area contributed by atoms with Gasteiger partial charge in [0.2, 0.25) is 0 Å². The van der Waals surface area contributed by atoms with E-state index in [-0.39, 0.29) is 6.04 Å². The Morgan fingerprint density at radius 3 is 2.33 bits per heavy atom. The third kappa shape index (κ3) is 4.30. The van der Waals surface area contributed by atoms with E-state index in [2.05, 4.69) is 82.6 Å². The van der Waals surface area contributed by atoms with Crippen molar-refractivity contribution in [1.82, 2.24) is 4.90 Å². The van der Waals surface area contributed by atoms with E-state index in [0.717, 1.165) is 11.0 Å². The summed E-state index contributed by atoms with van der Waals surface area (Å²) in [4.78, 5) is 5.75. The van der Waals surface area contributed by atoms with E-state index < -0.39 is 0 Å². The molecule has 1 atom stereocenters. The van der Waals surface area contributed by atoms with E-state index in [1.807, 2.05) is 0 Å². The van der Waals surface area contributed by atoms with E-state index >= 15 is 0 Å². The standard InChI is InChI=1S/C16H22BrN3S/c1-19(2)14-6-4-12(5-7-14)16(9-18)20(3)10-15-8-13(17)11-21-15/h4-8,11,16H,9-10,18H2,1-3H3. The summed E-state index contributed by atoms with van der Waals surface area (Å²) in [7, 11) is 6.23. The first-order chi connectivity index (χ1) is 10.0. The largest absolute Gasteiger partial charge is 0.378 e. The van der Waals surface area contributed by atoms with Crippen LogP contribution in [0.4, 0.5) is 5.69 Å². The second-order valence-corrected chi connectivity index (χ2v) is 7.30. The Morgan fingerprint density at radius 1 is 1.19 bits per heavy atom. The fraction of sp³-hybridized carbons (Fsp3) is 0.375. The number of hydrogen-bond acceptors (Lipinski definition) is 4. The zero-order valence-electron chi connectivity index (χ0n) is 12.7. The van der Waals surface area contributed by atoms with Crippen LogP contribution in [0.15, 0.2) is 40.2 Å². The first kappa shape index (κ1) is 16.5. The number of nitrogens with zero attached hydrogens (tertiary/aromatic N) is 2. The first-order valence-corrected chi connectivity index (χ1v) is 8.59. The van der Waals surface area contributed by atoms with E-state index in [1.54, 1.807) is 11.3 Å². The monoisotopic (exact) mass is 367 g/mol. The molecule has 0 radical (unpaired) electrons. The van der Waals surface area contributed by atoms with Gasteiger partial charge in [-0.25, -0.2) is 0 Å². The third-order valence-electron chi connectivity index (χ3n) is 3.58. The average Bonchev–Trinajstić information content (AvgIpc) is 2.85. The SMILES string of the molecule is CN(C)c1ccc(C(CN)N(C)Cc2cc(Br)cs2)cc1. The topological polar surface area (TPSA) is 32.5 Å². The van der Waals surface area contributed by atoms with Crippen molar-refractivity contribution in [3.05, 3.63) is 50.6 Å². The lowest BCUT2D eigenvalue weighted by atomic mass is 10.0. The predicted octanol–water partition coefficient (Wildman–Crippen LogP) is 3.71. The molecule has 5 heteroatoms. The Labute approximate surface area is 139 Å². The number of likely N-dealkylation sites (N-methyl/N-ethyl adjacent to an activating group) is 1. The van der Waals surface area contributed by atoms with Gasteiger partial charge < -0.3 is 10.6 Å². The van der Waals surface area contributed by atoms with Crippen LogP contribution in [0.2, 0.25) is 0 Å². The average molecular weight is 368 g/mol. The van der Waals surface area contributed by atoms with Gasteiger partial charge in [-0.05, 0) is 46.7 Å². The summed E-state index contributed by atoms with van der Waals surface area (Å²) in [5.74, 6) is 0. The number of nitrogens with two attached hydrogens (primary N) is 1. The highest BCUT2D eigenvalue weighted by Gasteiger charge is 2.16. The molecule has 0 spiro atoms. The van der Waals surface area contributed by atoms with Crippen molar-refractivity contribution < 1.29 is 0 Å². The molecule has 0 fully saturated rings. The fourth-order valence-corrected chi connectivity index (χ4v) is 3.87. The van der Waals surface area contributed by atoms with Crippen molar-refractivity contribution in [2.45, 2.75) is 12.6 Å². The Hall–Kier alpha value is -0.880. The third-order valence-corrected chi connectivity index (χ3v) is 5.26. The molecule has 0 amide bonds. The molecule has 0 bridgehead atoms. The van der Waals surface area contributed by atoms with Crippen LogP contribution in [-0.2, 0) is 6.54 Å². The van der Waals surface area contributed by atoms with E-state index in [1.165, 1.54) is 16.1 Å². The van der Waals surface area contributed by atoms with Crippen LogP contribution in [0.1, 0.15) is 16.5 Å². The normalized spacial score (nSPS) is 12.7. The maximum Gasteiger partial charge on any atom is 0.0471 e. The fourth-order valence-electron chi connectivity index (χ4n) is 2.36. The van der Waals surface area contributed by atoms with E-state index in [0.29, 0.717) is 6.54 Å². The number of thiophene rings is 1. The second kappa shape index (κ2) is 7.40. The molecule has 0 aliphatic carbocycles. The maximum atomic E-state index is 6.00. The van der Waals surface area contributed by atoms with Crippen LogP contribution in [0.3, 0.4) is 0 Å². The molecule has 1 aromatic carbocycles. The van der Waals surface area contributed by atoms with Gasteiger partial charge in [-0.2, -0.15) is 0 Å². The minimum Gasteiger partial charge on any atom is -0.378 e. The molecule has 2 N–H and O–H groups in total. The smallest absolute Gasteiger partial charge is 0.0471 e. The highest BCUT2D eigenvalue weighted by molar-refractivity contribution is 9.10. The van der Waals surface area contributed by atoms with Crippen LogP contribution in [0, 0.1) is 0 Å². The van der Waals surface area contributed by atoms with E-state index in [4.69, 9.17) is 5.73 Å². The zero-order valence-corrected chi connectivity index (χ0v) is 15.1. The molecule has 114 valence electrons. The Bertz CT molecular complexity index is 565. The van der Waals surface area contributed by atoms with Crippen LogP contribution >= 0.6 is 27.3 Å². The molecule has 1 aromatic heterocycles.